The molecule has 0 unspecified atom stereocenters. The van der Waals surface area contributed by atoms with E-state index in [0.717, 1.165) is 17.1 Å². The fourth-order valence-electron chi connectivity index (χ4n) is 1.99. The van der Waals surface area contributed by atoms with Gasteiger partial charge in [-0.1, -0.05) is 42.1 Å². The van der Waals surface area contributed by atoms with Crippen molar-refractivity contribution in [2.24, 2.45) is 0 Å². The molecule has 21 heavy (non-hydrogen) atoms. The largest absolute Gasteiger partial charge is 0.467 e. The zero-order chi connectivity index (χ0) is 14.5. The average molecular weight is 296 g/mol. The van der Waals surface area contributed by atoms with Crippen molar-refractivity contribution in [3.63, 3.8) is 0 Å². The standard InChI is InChI=1S/C15H12N4OS/c16-8-10-21-15-18-17-14(12-5-2-1-3-6-12)19(15)11-13-7-4-9-20-13/h1-7,9H,10-11H2. The van der Waals surface area contributed by atoms with E-state index in [4.69, 9.17) is 9.68 Å². The summed E-state index contributed by atoms with van der Waals surface area (Å²) in [4.78, 5) is 0. The van der Waals surface area contributed by atoms with Crippen LogP contribution in [0.15, 0.2) is 58.3 Å². The molecular formula is C15H12N4OS. The lowest BCUT2D eigenvalue weighted by Crippen LogP contribution is -2.03. The highest BCUT2D eigenvalue weighted by Crippen LogP contribution is 2.24. The van der Waals surface area contributed by atoms with Crippen LogP contribution in [-0.2, 0) is 6.54 Å². The minimum Gasteiger partial charge on any atom is -0.467 e. The van der Waals surface area contributed by atoms with Crippen LogP contribution in [0.25, 0.3) is 11.4 Å². The van der Waals surface area contributed by atoms with E-state index in [2.05, 4.69) is 16.3 Å². The zero-order valence-corrected chi connectivity index (χ0v) is 12.0. The number of nitrogens with zero attached hydrogens (tertiary/aromatic N) is 4. The van der Waals surface area contributed by atoms with Crippen molar-refractivity contribution in [3.8, 4) is 17.5 Å². The summed E-state index contributed by atoms with van der Waals surface area (Å²) in [5.41, 5.74) is 0.986. The van der Waals surface area contributed by atoms with Crippen molar-refractivity contribution in [2.45, 2.75) is 11.7 Å². The summed E-state index contributed by atoms with van der Waals surface area (Å²) >= 11 is 1.37. The van der Waals surface area contributed by atoms with Gasteiger partial charge in [0.25, 0.3) is 0 Å². The molecule has 3 rings (SSSR count). The molecule has 0 N–H and O–H groups in total. The lowest BCUT2D eigenvalue weighted by atomic mass is 10.2. The molecule has 0 aliphatic heterocycles. The van der Waals surface area contributed by atoms with Crippen LogP contribution in [0.5, 0.6) is 0 Å². The van der Waals surface area contributed by atoms with Crippen LogP contribution in [-0.4, -0.2) is 20.5 Å². The average Bonchev–Trinajstić information content (AvgIpc) is 3.17. The summed E-state index contributed by atoms with van der Waals surface area (Å²) < 4.78 is 7.37. The third-order valence-corrected chi connectivity index (χ3v) is 3.74. The van der Waals surface area contributed by atoms with Crippen LogP contribution in [0.2, 0.25) is 0 Å². The normalized spacial score (nSPS) is 10.4. The Morgan fingerprint density at radius 3 is 2.71 bits per heavy atom. The molecule has 1 aromatic carbocycles. The lowest BCUT2D eigenvalue weighted by molar-refractivity contribution is 0.485. The second kappa shape index (κ2) is 6.29. The number of nitriles is 1. The van der Waals surface area contributed by atoms with E-state index in [-0.39, 0.29) is 0 Å². The van der Waals surface area contributed by atoms with Gasteiger partial charge in [-0.05, 0) is 12.1 Å². The molecule has 0 aliphatic carbocycles. The topological polar surface area (TPSA) is 67.6 Å². The molecule has 0 radical (unpaired) electrons. The highest BCUT2D eigenvalue weighted by atomic mass is 32.2. The number of aromatic nitrogens is 3. The first-order valence-corrected chi connectivity index (χ1v) is 7.38. The molecule has 0 amide bonds. The molecule has 2 heterocycles. The van der Waals surface area contributed by atoms with Crippen molar-refractivity contribution in [1.29, 1.82) is 5.26 Å². The van der Waals surface area contributed by atoms with E-state index in [1.165, 1.54) is 11.8 Å². The Morgan fingerprint density at radius 1 is 1.14 bits per heavy atom. The maximum atomic E-state index is 8.75. The van der Waals surface area contributed by atoms with E-state index in [9.17, 15) is 0 Å². The summed E-state index contributed by atoms with van der Waals surface area (Å²) in [7, 11) is 0. The molecular weight excluding hydrogens is 284 g/mol. The van der Waals surface area contributed by atoms with Gasteiger partial charge in [0.05, 0.1) is 24.6 Å². The van der Waals surface area contributed by atoms with Crippen LogP contribution in [0.1, 0.15) is 5.76 Å². The van der Waals surface area contributed by atoms with E-state index in [1.807, 2.05) is 47.0 Å². The Balaban J connectivity index is 2.00. The van der Waals surface area contributed by atoms with Crippen LogP contribution in [0.3, 0.4) is 0 Å². The summed E-state index contributed by atoms with van der Waals surface area (Å²) in [6.07, 6.45) is 1.64. The first-order valence-electron chi connectivity index (χ1n) is 6.39. The molecule has 2 aromatic heterocycles. The number of hydrogen-bond acceptors (Lipinski definition) is 5. The van der Waals surface area contributed by atoms with E-state index in [0.29, 0.717) is 17.5 Å². The highest BCUT2D eigenvalue weighted by Gasteiger charge is 2.15. The molecule has 3 aromatic rings. The molecule has 0 saturated heterocycles. The van der Waals surface area contributed by atoms with Crippen molar-refractivity contribution >= 4 is 11.8 Å². The summed E-state index contributed by atoms with van der Waals surface area (Å²) in [5.74, 6) is 1.93. The Hall–Kier alpha value is -2.52. The third kappa shape index (κ3) is 2.98. The smallest absolute Gasteiger partial charge is 0.192 e. The molecule has 0 aliphatic rings. The summed E-state index contributed by atoms with van der Waals surface area (Å²) in [6.45, 7) is 0.540. The SMILES string of the molecule is N#CCSc1nnc(-c2ccccc2)n1Cc1ccco1. The Labute approximate surface area is 126 Å². The van der Waals surface area contributed by atoms with Gasteiger partial charge in [-0.25, -0.2) is 0 Å². The van der Waals surface area contributed by atoms with Gasteiger partial charge in [0.15, 0.2) is 11.0 Å². The van der Waals surface area contributed by atoms with E-state index in [1.54, 1.807) is 6.26 Å². The van der Waals surface area contributed by atoms with Gasteiger partial charge in [-0.2, -0.15) is 5.26 Å². The number of hydrogen-bond donors (Lipinski definition) is 0. The first kappa shape index (κ1) is 13.5. The molecule has 0 fully saturated rings. The van der Waals surface area contributed by atoms with Gasteiger partial charge in [0.2, 0.25) is 0 Å². The van der Waals surface area contributed by atoms with Crippen molar-refractivity contribution in [2.75, 3.05) is 5.75 Å². The van der Waals surface area contributed by atoms with Gasteiger partial charge >= 0.3 is 0 Å². The molecule has 0 atom stereocenters. The van der Waals surface area contributed by atoms with Crippen LogP contribution in [0, 0.1) is 11.3 Å². The second-order valence-corrected chi connectivity index (χ2v) is 5.23. The predicted octanol–water partition coefficient (Wildman–Crippen LogP) is 3.20. The zero-order valence-electron chi connectivity index (χ0n) is 11.1. The third-order valence-electron chi connectivity index (χ3n) is 2.91. The number of furan rings is 1. The first-order chi connectivity index (χ1) is 10.4. The molecule has 0 saturated carbocycles. The fraction of sp³-hybridized carbons (Fsp3) is 0.133. The van der Waals surface area contributed by atoms with Gasteiger partial charge in [0, 0.05) is 5.56 Å². The van der Waals surface area contributed by atoms with Crippen molar-refractivity contribution < 1.29 is 4.42 Å². The highest BCUT2D eigenvalue weighted by molar-refractivity contribution is 7.99. The van der Waals surface area contributed by atoms with Crippen molar-refractivity contribution in [1.82, 2.24) is 14.8 Å². The Bertz CT molecular complexity index is 744. The maximum Gasteiger partial charge on any atom is 0.192 e. The van der Waals surface area contributed by atoms with Crippen LogP contribution in [0.4, 0.5) is 0 Å². The molecule has 0 bridgehead atoms. The van der Waals surface area contributed by atoms with E-state index < -0.39 is 0 Å². The maximum absolute atomic E-state index is 8.75. The predicted molar refractivity (Wildman–Crippen MR) is 79.6 cm³/mol. The fourth-order valence-corrected chi connectivity index (χ4v) is 2.59. The van der Waals surface area contributed by atoms with Crippen LogP contribution >= 0.6 is 11.8 Å². The quantitative estimate of drug-likeness (QED) is 0.676. The minimum absolute atomic E-state index is 0.338. The summed E-state index contributed by atoms with van der Waals surface area (Å²) in [5, 5.41) is 17.9. The van der Waals surface area contributed by atoms with Gasteiger partial charge < -0.3 is 4.42 Å². The molecule has 0 spiro atoms. The van der Waals surface area contributed by atoms with Gasteiger partial charge in [0.1, 0.15) is 5.76 Å². The van der Waals surface area contributed by atoms with Gasteiger partial charge in [-0.3, -0.25) is 4.57 Å². The minimum atomic E-state index is 0.338. The molecule has 5 nitrogen and oxygen atoms in total. The Kier molecular flexibility index (Phi) is 4.03. The number of rotatable bonds is 5. The monoisotopic (exact) mass is 296 g/mol. The van der Waals surface area contributed by atoms with Crippen LogP contribution < -0.4 is 0 Å². The summed E-state index contributed by atoms with van der Waals surface area (Å²) in [6, 6.07) is 15.7. The molecule has 6 heteroatoms. The second-order valence-electron chi connectivity index (χ2n) is 4.28. The van der Waals surface area contributed by atoms with Crippen molar-refractivity contribution in [3.05, 3.63) is 54.5 Å². The lowest BCUT2D eigenvalue weighted by Gasteiger charge is -2.07. The number of benzene rings is 1. The van der Waals surface area contributed by atoms with Gasteiger partial charge in [-0.15, -0.1) is 10.2 Å². The van der Waals surface area contributed by atoms with E-state index >= 15 is 0 Å². The molecule has 104 valence electrons. The number of thioether (sulfide) groups is 1. The Morgan fingerprint density at radius 2 is 2.00 bits per heavy atom.